The number of piperidine rings is 1. The van der Waals surface area contributed by atoms with Gasteiger partial charge in [-0.15, -0.1) is 0 Å². The van der Waals surface area contributed by atoms with Crippen LogP contribution in [0.3, 0.4) is 0 Å². The summed E-state index contributed by atoms with van der Waals surface area (Å²) in [5.74, 6) is 1.67. The molecule has 0 atom stereocenters. The largest absolute Gasteiger partial charge is 0.356 e. The normalized spacial score (nSPS) is 19.7. The SMILES string of the molecule is N#Cc1c(SCC(=O)N2CCCCC2)nc(N2CCCC2)c2c1CCCC2. The van der Waals surface area contributed by atoms with Crippen LogP contribution in [0.25, 0.3) is 0 Å². The number of hydrogen-bond acceptors (Lipinski definition) is 5. The van der Waals surface area contributed by atoms with Crippen LogP contribution < -0.4 is 4.90 Å². The van der Waals surface area contributed by atoms with E-state index in [4.69, 9.17) is 4.98 Å². The first-order valence-corrected chi connectivity index (χ1v) is 11.4. The van der Waals surface area contributed by atoms with E-state index in [1.807, 2.05) is 4.90 Å². The first kappa shape index (κ1) is 18.6. The molecule has 1 aromatic rings. The molecule has 3 heterocycles. The number of hydrogen-bond donors (Lipinski definition) is 0. The van der Waals surface area contributed by atoms with Crippen molar-refractivity contribution in [1.29, 1.82) is 5.26 Å². The standard InChI is InChI=1S/C21H28N4OS/c22-14-18-16-8-2-3-9-17(16)20(25-12-6-7-13-25)23-21(18)27-15-19(26)24-10-4-1-5-11-24/h1-13,15H2. The van der Waals surface area contributed by atoms with Gasteiger partial charge in [0.2, 0.25) is 5.91 Å². The predicted octanol–water partition coefficient (Wildman–Crippen LogP) is 3.54. The topological polar surface area (TPSA) is 60.2 Å². The predicted molar refractivity (Wildman–Crippen MR) is 108 cm³/mol. The number of nitrogens with zero attached hydrogens (tertiary/aromatic N) is 4. The molecule has 6 heteroatoms. The molecule has 1 aliphatic carbocycles. The molecule has 2 fully saturated rings. The molecule has 27 heavy (non-hydrogen) atoms. The highest BCUT2D eigenvalue weighted by Gasteiger charge is 2.27. The molecular weight excluding hydrogens is 356 g/mol. The van der Waals surface area contributed by atoms with Gasteiger partial charge in [-0.05, 0) is 68.9 Å². The van der Waals surface area contributed by atoms with Crippen LogP contribution in [0, 0.1) is 11.3 Å². The van der Waals surface area contributed by atoms with E-state index in [0.29, 0.717) is 5.75 Å². The van der Waals surface area contributed by atoms with E-state index in [1.165, 1.54) is 48.6 Å². The summed E-state index contributed by atoms with van der Waals surface area (Å²) in [6.45, 7) is 3.87. The molecular formula is C21H28N4OS. The number of carbonyl (C=O) groups is 1. The van der Waals surface area contributed by atoms with Crippen molar-refractivity contribution >= 4 is 23.5 Å². The van der Waals surface area contributed by atoms with Crippen LogP contribution in [0.1, 0.15) is 61.6 Å². The summed E-state index contributed by atoms with van der Waals surface area (Å²) in [7, 11) is 0. The third kappa shape index (κ3) is 3.94. The number of rotatable bonds is 4. The maximum Gasteiger partial charge on any atom is 0.232 e. The lowest BCUT2D eigenvalue weighted by molar-refractivity contribution is -0.129. The Morgan fingerprint density at radius 1 is 0.963 bits per heavy atom. The Bertz CT molecular complexity index is 746. The van der Waals surface area contributed by atoms with Crippen LogP contribution in [0.5, 0.6) is 0 Å². The van der Waals surface area contributed by atoms with E-state index in [1.54, 1.807) is 0 Å². The van der Waals surface area contributed by atoms with Gasteiger partial charge in [-0.3, -0.25) is 4.79 Å². The molecule has 0 spiro atoms. The fourth-order valence-electron chi connectivity index (χ4n) is 4.55. The quantitative estimate of drug-likeness (QED) is 0.743. The lowest BCUT2D eigenvalue weighted by atomic mass is 9.89. The monoisotopic (exact) mass is 384 g/mol. The minimum atomic E-state index is 0.186. The van der Waals surface area contributed by atoms with Crippen molar-refractivity contribution in [1.82, 2.24) is 9.88 Å². The molecule has 1 aromatic heterocycles. The van der Waals surface area contributed by atoms with Gasteiger partial charge in [0.15, 0.2) is 0 Å². The third-order valence-corrected chi connectivity index (χ3v) is 6.98. The molecule has 4 rings (SSSR count). The summed E-state index contributed by atoms with van der Waals surface area (Å²) in [4.78, 5) is 21.9. The zero-order chi connectivity index (χ0) is 18.6. The molecule has 0 N–H and O–H groups in total. The van der Waals surface area contributed by atoms with Gasteiger partial charge in [0.25, 0.3) is 0 Å². The van der Waals surface area contributed by atoms with Gasteiger partial charge in [-0.1, -0.05) is 11.8 Å². The van der Waals surface area contributed by atoms with E-state index in [9.17, 15) is 10.1 Å². The molecule has 5 nitrogen and oxygen atoms in total. The molecule has 0 saturated carbocycles. The Kier molecular flexibility index (Phi) is 5.87. The Morgan fingerprint density at radius 2 is 1.63 bits per heavy atom. The van der Waals surface area contributed by atoms with Gasteiger partial charge in [0.05, 0.1) is 11.3 Å². The zero-order valence-corrected chi connectivity index (χ0v) is 16.8. The molecule has 2 saturated heterocycles. The first-order chi connectivity index (χ1) is 13.3. The second kappa shape index (κ2) is 8.52. The average Bonchev–Trinajstić information content (AvgIpc) is 3.26. The van der Waals surface area contributed by atoms with E-state index >= 15 is 0 Å². The lowest BCUT2D eigenvalue weighted by Gasteiger charge is -2.28. The number of nitriles is 1. The molecule has 0 bridgehead atoms. The second-order valence-corrected chi connectivity index (χ2v) is 8.78. The highest BCUT2D eigenvalue weighted by Crippen LogP contribution is 2.37. The number of anilines is 1. The summed E-state index contributed by atoms with van der Waals surface area (Å²) in [6.07, 6.45) is 10.2. The second-order valence-electron chi connectivity index (χ2n) is 7.82. The molecule has 0 radical (unpaired) electrons. The molecule has 0 unspecified atom stereocenters. The lowest BCUT2D eigenvalue weighted by Crippen LogP contribution is -2.36. The van der Waals surface area contributed by atoms with E-state index in [2.05, 4.69) is 11.0 Å². The van der Waals surface area contributed by atoms with E-state index in [-0.39, 0.29) is 5.91 Å². The van der Waals surface area contributed by atoms with Crippen molar-refractivity contribution in [2.45, 2.75) is 62.8 Å². The van der Waals surface area contributed by atoms with Gasteiger partial charge >= 0.3 is 0 Å². The molecule has 1 amide bonds. The van der Waals surface area contributed by atoms with Crippen molar-refractivity contribution in [3.8, 4) is 6.07 Å². The van der Waals surface area contributed by atoms with Crippen LogP contribution >= 0.6 is 11.8 Å². The maximum absolute atomic E-state index is 12.6. The van der Waals surface area contributed by atoms with Gasteiger partial charge in [0, 0.05) is 26.2 Å². The number of likely N-dealkylation sites (tertiary alicyclic amines) is 1. The zero-order valence-electron chi connectivity index (χ0n) is 16.0. The fourth-order valence-corrected chi connectivity index (χ4v) is 5.46. The molecule has 144 valence electrons. The summed E-state index contributed by atoms with van der Waals surface area (Å²) in [5.41, 5.74) is 3.23. The van der Waals surface area contributed by atoms with Crippen molar-refractivity contribution in [2.75, 3.05) is 36.8 Å². The number of fused-ring (bicyclic) bond motifs is 1. The average molecular weight is 385 g/mol. The highest BCUT2D eigenvalue weighted by molar-refractivity contribution is 8.00. The van der Waals surface area contributed by atoms with Crippen molar-refractivity contribution in [2.24, 2.45) is 0 Å². The summed E-state index contributed by atoms with van der Waals surface area (Å²) in [5, 5.41) is 10.6. The van der Waals surface area contributed by atoms with Crippen LogP contribution in [0.4, 0.5) is 5.82 Å². The number of aromatic nitrogens is 1. The maximum atomic E-state index is 12.6. The third-order valence-electron chi connectivity index (χ3n) is 6.02. The number of pyridine rings is 1. The van der Waals surface area contributed by atoms with Gasteiger partial charge in [0.1, 0.15) is 16.9 Å². The Hall–Kier alpha value is -1.74. The van der Waals surface area contributed by atoms with E-state index < -0.39 is 0 Å². The minimum Gasteiger partial charge on any atom is -0.356 e. The van der Waals surface area contributed by atoms with Crippen LogP contribution in [0.15, 0.2) is 5.03 Å². The molecule has 3 aliphatic rings. The number of thioether (sulfide) groups is 1. The molecule has 0 aromatic carbocycles. The number of carbonyl (C=O) groups excluding carboxylic acids is 1. The summed E-state index contributed by atoms with van der Waals surface area (Å²) in [6, 6.07) is 2.42. The van der Waals surface area contributed by atoms with E-state index in [0.717, 1.165) is 74.7 Å². The van der Waals surface area contributed by atoms with Crippen LogP contribution in [-0.2, 0) is 17.6 Å². The van der Waals surface area contributed by atoms with Gasteiger partial charge in [-0.2, -0.15) is 5.26 Å². The summed E-state index contributed by atoms with van der Waals surface area (Å²) >= 11 is 1.47. The Labute approximate surface area is 166 Å². The smallest absolute Gasteiger partial charge is 0.232 e. The van der Waals surface area contributed by atoms with Crippen molar-refractivity contribution in [3.63, 3.8) is 0 Å². The van der Waals surface area contributed by atoms with Crippen LogP contribution in [0.2, 0.25) is 0 Å². The van der Waals surface area contributed by atoms with Crippen molar-refractivity contribution < 1.29 is 4.79 Å². The number of amides is 1. The van der Waals surface area contributed by atoms with Crippen molar-refractivity contribution in [3.05, 3.63) is 16.7 Å². The van der Waals surface area contributed by atoms with Gasteiger partial charge < -0.3 is 9.80 Å². The minimum absolute atomic E-state index is 0.186. The first-order valence-electron chi connectivity index (χ1n) is 10.4. The Balaban J connectivity index is 1.60. The fraction of sp³-hybridized carbons (Fsp3) is 0.667. The Morgan fingerprint density at radius 3 is 2.33 bits per heavy atom. The highest BCUT2D eigenvalue weighted by atomic mass is 32.2. The van der Waals surface area contributed by atoms with Crippen LogP contribution in [-0.4, -0.2) is 47.7 Å². The molecule has 2 aliphatic heterocycles. The van der Waals surface area contributed by atoms with Gasteiger partial charge in [-0.25, -0.2) is 4.98 Å². The summed E-state index contributed by atoms with van der Waals surface area (Å²) < 4.78 is 0.